The minimum Gasteiger partial charge on any atom is -0.347 e. The minimum atomic E-state index is -5.56. The summed E-state index contributed by atoms with van der Waals surface area (Å²) in [5.41, 5.74) is -2.56. The predicted molar refractivity (Wildman–Crippen MR) is 132 cm³/mol. The zero-order valence-electron chi connectivity index (χ0n) is 19.6. The zero-order valence-corrected chi connectivity index (χ0v) is 22.0. The van der Waals surface area contributed by atoms with Crippen LogP contribution in [-0.4, -0.2) is 53.0 Å². The molecule has 1 amide bonds. The molecule has 0 saturated carbocycles. The van der Waals surface area contributed by atoms with Crippen LogP contribution in [0, 0.1) is 12.7 Å². The van der Waals surface area contributed by atoms with Gasteiger partial charge in [-0.05, 0) is 42.7 Å². The highest BCUT2D eigenvalue weighted by atomic mass is 79.9. The van der Waals surface area contributed by atoms with Crippen LogP contribution in [0.1, 0.15) is 34.2 Å². The summed E-state index contributed by atoms with van der Waals surface area (Å²) >= 11 is 3.46. The van der Waals surface area contributed by atoms with E-state index in [-0.39, 0.29) is 29.0 Å². The average Bonchev–Trinajstić information content (AvgIpc) is 3.19. The molecule has 0 saturated heterocycles. The van der Waals surface area contributed by atoms with Gasteiger partial charge in [0, 0.05) is 17.2 Å². The van der Waals surface area contributed by atoms with Crippen molar-refractivity contribution in [2.24, 2.45) is 5.10 Å². The number of pyridine rings is 1. The lowest BCUT2D eigenvalue weighted by molar-refractivity contribution is -0.0471. The highest BCUT2D eigenvalue weighted by molar-refractivity contribution is 9.10. The molecule has 1 N–H and O–H groups in total. The fraction of sp³-hybridized carbons (Fsp3) is 0.318. The Bertz CT molecular complexity index is 1510. The third-order valence-corrected chi connectivity index (χ3v) is 8.05. The van der Waals surface area contributed by atoms with Crippen LogP contribution >= 0.6 is 15.9 Å². The molecule has 0 radical (unpaired) electrons. The molecule has 0 aliphatic carbocycles. The van der Waals surface area contributed by atoms with Gasteiger partial charge in [0.15, 0.2) is 0 Å². The molecule has 3 heterocycles. The summed E-state index contributed by atoms with van der Waals surface area (Å²) in [6.45, 7) is 2.93. The van der Waals surface area contributed by atoms with Gasteiger partial charge in [0.25, 0.3) is 5.91 Å². The first-order valence-electron chi connectivity index (χ1n) is 11.0. The van der Waals surface area contributed by atoms with E-state index in [0.29, 0.717) is 35.4 Å². The zero-order chi connectivity index (χ0) is 27.1. The number of imidazole rings is 1. The van der Waals surface area contributed by atoms with Gasteiger partial charge >= 0.3 is 15.5 Å². The van der Waals surface area contributed by atoms with E-state index in [4.69, 9.17) is 0 Å². The second-order valence-electron chi connectivity index (χ2n) is 8.18. The number of hydrogen-bond acceptors (Lipinski definition) is 6. The molecule has 37 heavy (non-hydrogen) atoms. The lowest BCUT2D eigenvalue weighted by Crippen LogP contribution is -2.46. The Morgan fingerprint density at radius 2 is 1.95 bits per heavy atom. The molecule has 2 aromatic heterocycles. The van der Waals surface area contributed by atoms with Crippen molar-refractivity contribution in [3.05, 3.63) is 63.3 Å². The number of rotatable bonds is 6. The number of aryl methyl sites for hydroxylation is 2. The Morgan fingerprint density at radius 3 is 2.54 bits per heavy atom. The Kier molecular flexibility index (Phi) is 7.21. The van der Waals surface area contributed by atoms with Crippen LogP contribution < -0.4 is 10.3 Å². The third kappa shape index (κ3) is 5.14. The van der Waals surface area contributed by atoms with E-state index in [1.807, 2.05) is 19.9 Å². The largest absolute Gasteiger partial charge is 0.516 e. The summed E-state index contributed by atoms with van der Waals surface area (Å²) in [6, 6.07) is 5.87. The van der Waals surface area contributed by atoms with Crippen molar-refractivity contribution in [3.8, 4) is 0 Å². The first-order chi connectivity index (χ1) is 17.3. The lowest BCUT2D eigenvalue weighted by Gasteiger charge is -2.29. The maximum Gasteiger partial charge on any atom is 0.516 e. The third-order valence-electron chi connectivity index (χ3n) is 5.71. The molecule has 3 aromatic rings. The lowest BCUT2D eigenvalue weighted by atomic mass is 10.1. The molecular weight excluding hydrogens is 584 g/mol. The van der Waals surface area contributed by atoms with Gasteiger partial charge in [0.2, 0.25) is 0 Å². The number of benzene rings is 1. The quantitative estimate of drug-likeness (QED) is 0.430. The van der Waals surface area contributed by atoms with E-state index in [9.17, 15) is 30.8 Å². The summed E-state index contributed by atoms with van der Waals surface area (Å²) in [5, 5.41) is 7.48. The van der Waals surface area contributed by atoms with E-state index in [2.05, 4.69) is 31.3 Å². The van der Waals surface area contributed by atoms with Gasteiger partial charge in [-0.1, -0.05) is 28.9 Å². The van der Waals surface area contributed by atoms with Gasteiger partial charge in [0.05, 0.1) is 24.5 Å². The molecule has 0 bridgehead atoms. The number of halogens is 5. The van der Waals surface area contributed by atoms with E-state index in [0.717, 1.165) is 15.0 Å². The Labute approximate surface area is 217 Å². The van der Waals surface area contributed by atoms with Gasteiger partial charge in [-0.2, -0.15) is 26.7 Å². The molecule has 1 aromatic carbocycles. The second-order valence-corrected chi connectivity index (χ2v) is 10.9. The number of amides is 1. The predicted octanol–water partition coefficient (Wildman–Crippen LogP) is 3.95. The number of carbonyl (C=O) groups is 1. The van der Waals surface area contributed by atoms with E-state index in [1.54, 1.807) is 10.6 Å². The fourth-order valence-electron chi connectivity index (χ4n) is 3.76. The summed E-state index contributed by atoms with van der Waals surface area (Å²) in [5.74, 6) is -1.12. The molecule has 0 spiro atoms. The summed E-state index contributed by atoms with van der Waals surface area (Å²) < 4.78 is 78.6. The average molecular weight is 605 g/mol. The maximum absolute atomic E-state index is 14.8. The topological polar surface area (TPSA) is 99.4 Å². The van der Waals surface area contributed by atoms with Gasteiger partial charge in [0.1, 0.15) is 23.5 Å². The number of hydrogen-bond donors (Lipinski definition) is 1. The van der Waals surface area contributed by atoms with Crippen LogP contribution in [0.4, 0.5) is 23.2 Å². The first-order valence-corrected chi connectivity index (χ1v) is 13.2. The van der Waals surface area contributed by atoms with Crippen molar-refractivity contribution >= 4 is 49.5 Å². The molecule has 1 aliphatic rings. The molecule has 15 heteroatoms. The molecule has 0 unspecified atom stereocenters. The summed E-state index contributed by atoms with van der Waals surface area (Å²) in [4.78, 5) is 17.5. The summed E-state index contributed by atoms with van der Waals surface area (Å²) in [6.07, 6.45) is 2.83. The molecule has 198 valence electrons. The van der Waals surface area contributed by atoms with Crippen molar-refractivity contribution in [2.45, 2.75) is 32.3 Å². The van der Waals surface area contributed by atoms with E-state index in [1.165, 1.54) is 18.2 Å². The van der Waals surface area contributed by atoms with Gasteiger partial charge in [-0.25, -0.2) is 13.7 Å². The van der Waals surface area contributed by atoms with Crippen molar-refractivity contribution in [1.29, 1.82) is 0 Å². The molecule has 0 atom stereocenters. The van der Waals surface area contributed by atoms with Gasteiger partial charge < -0.3 is 5.32 Å². The number of fused-ring (bicyclic) bond motifs is 1. The van der Waals surface area contributed by atoms with Gasteiger partial charge in [-0.3, -0.25) is 14.2 Å². The number of nitrogens with one attached hydrogen (secondary N) is 1. The van der Waals surface area contributed by atoms with Crippen LogP contribution in [0.3, 0.4) is 0 Å². The van der Waals surface area contributed by atoms with Crippen LogP contribution in [0.5, 0.6) is 0 Å². The fourth-order valence-corrected chi connectivity index (χ4v) is 4.82. The minimum absolute atomic E-state index is 0.00278. The Balaban J connectivity index is 1.48. The van der Waals surface area contributed by atoms with Crippen molar-refractivity contribution < 1.29 is 30.8 Å². The SMILES string of the molecule is CCc1nc2cc(Br)c(C)cn2c1C(=O)NCc1ccc(N2CCN(S(=O)(=O)C(F)(F)F)C=N2)c(F)c1. The highest BCUT2D eigenvalue weighted by Gasteiger charge is 2.50. The molecule has 0 fully saturated rings. The van der Waals surface area contributed by atoms with Crippen LogP contribution in [0.2, 0.25) is 0 Å². The number of hydrazone groups is 1. The number of sulfonamides is 1. The number of anilines is 1. The Morgan fingerprint density at radius 1 is 1.22 bits per heavy atom. The van der Waals surface area contributed by atoms with E-state index < -0.39 is 27.9 Å². The number of carbonyl (C=O) groups excluding carboxylic acids is 1. The number of nitrogens with zero attached hydrogens (tertiary/aromatic N) is 5. The normalized spacial score (nSPS) is 14.5. The van der Waals surface area contributed by atoms with Crippen molar-refractivity contribution in [3.63, 3.8) is 0 Å². The smallest absolute Gasteiger partial charge is 0.347 e. The van der Waals surface area contributed by atoms with E-state index >= 15 is 0 Å². The van der Waals surface area contributed by atoms with Gasteiger partial charge in [-0.15, -0.1) is 0 Å². The number of alkyl halides is 3. The number of aromatic nitrogens is 2. The monoisotopic (exact) mass is 604 g/mol. The molecule has 1 aliphatic heterocycles. The highest BCUT2D eigenvalue weighted by Crippen LogP contribution is 2.28. The summed E-state index contributed by atoms with van der Waals surface area (Å²) in [7, 11) is -5.56. The second kappa shape index (κ2) is 9.93. The standard InChI is InChI=1S/C22H21BrF4N6O3S/c1-3-17-20(32-11-13(2)15(23)9-19(32)30-17)21(34)28-10-14-4-5-18(16(24)8-14)33-7-6-31(12-29-33)37(35,36)22(25,26)27/h4-5,8-9,11-12H,3,6-7,10H2,1-2H3,(H,28,34). The molecule has 4 rings (SSSR count). The first kappa shape index (κ1) is 26.9. The Hall–Kier alpha value is -3.20. The van der Waals surface area contributed by atoms with Crippen molar-refractivity contribution in [1.82, 2.24) is 19.0 Å². The molecule has 9 nitrogen and oxygen atoms in total. The van der Waals surface area contributed by atoms with Crippen LogP contribution in [0.25, 0.3) is 5.65 Å². The van der Waals surface area contributed by atoms with Crippen LogP contribution in [0.15, 0.2) is 40.0 Å². The van der Waals surface area contributed by atoms with Crippen molar-refractivity contribution in [2.75, 3.05) is 18.1 Å². The molecular formula is C22H21BrF4N6O3S. The van der Waals surface area contributed by atoms with Crippen LogP contribution in [-0.2, 0) is 23.0 Å². The maximum atomic E-state index is 14.8.